The van der Waals surface area contributed by atoms with Crippen LogP contribution in [0.5, 0.6) is 5.75 Å². The van der Waals surface area contributed by atoms with E-state index in [1.165, 1.54) is 0 Å². The molecule has 0 aliphatic heterocycles. The third-order valence-electron chi connectivity index (χ3n) is 4.23. The van der Waals surface area contributed by atoms with Crippen molar-refractivity contribution in [2.75, 3.05) is 13.1 Å². The third kappa shape index (κ3) is 5.07. The molecule has 0 aliphatic carbocycles. The molecule has 2 N–H and O–H groups in total. The maximum absolute atomic E-state index is 12.2. The quantitative estimate of drug-likeness (QED) is 0.568. The molecule has 0 fully saturated rings. The zero-order valence-corrected chi connectivity index (χ0v) is 16.0. The molecule has 0 unspecified atom stereocenters. The topological polar surface area (TPSA) is 64.9 Å². The highest BCUT2D eigenvalue weighted by atomic mass is 35.5. The normalized spacial score (nSPS) is 11.7. The van der Waals surface area contributed by atoms with Crippen molar-refractivity contribution in [3.05, 3.63) is 64.2 Å². The van der Waals surface area contributed by atoms with Gasteiger partial charge in [-0.05, 0) is 55.9 Å². The van der Waals surface area contributed by atoms with E-state index in [2.05, 4.69) is 29.3 Å². The number of amides is 1. The number of phenolic OH excluding ortho intramolecular Hbond substituents is 1. The van der Waals surface area contributed by atoms with Crippen LogP contribution in [0.1, 0.15) is 42.3 Å². The van der Waals surface area contributed by atoms with E-state index >= 15 is 0 Å². The minimum absolute atomic E-state index is 0.258. The van der Waals surface area contributed by atoms with Crippen LogP contribution in [-0.2, 0) is 6.54 Å². The van der Waals surface area contributed by atoms with Gasteiger partial charge in [-0.2, -0.15) is 5.10 Å². The van der Waals surface area contributed by atoms with Crippen LogP contribution in [0.4, 0.5) is 0 Å². The Morgan fingerprint density at radius 3 is 2.54 bits per heavy atom. The van der Waals surface area contributed by atoms with E-state index in [1.54, 1.807) is 43.3 Å². The predicted molar refractivity (Wildman–Crippen MR) is 106 cm³/mol. The van der Waals surface area contributed by atoms with Crippen LogP contribution < -0.4 is 5.43 Å². The molecule has 138 valence electrons. The van der Waals surface area contributed by atoms with E-state index in [1.807, 2.05) is 6.07 Å². The Morgan fingerprint density at radius 1 is 1.19 bits per heavy atom. The lowest BCUT2D eigenvalue weighted by molar-refractivity contribution is 0.0955. The minimum atomic E-state index is -0.364. The van der Waals surface area contributed by atoms with Gasteiger partial charge in [0.05, 0.1) is 16.3 Å². The fraction of sp³-hybridized carbons (Fsp3) is 0.300. The number of hydrogen-bond acceptors (Lipinski definition) is 4. The number of carbonyl (C=O) groups excluding carboxylic acids is 1. The number of nitrogens with zero attached hydrogens (tertiary/aromatic N) is 2. The number of aromatic hydroxyl groups is 1. The van der Waals surface area contributed by atoms with E-state index < -0.39 is 0 Å². The molecule has 0 bridgehead atoms. The molecule has 0 heterocycles. The first-order valence-corrected chi connectivity index (χ1v) is 8.97. The van der Waals surface area contributed by atoms with E-state index in [0.29, 0.717) is 22.8 Å². The summed E-state index contributed by atoms with van der Waals surface area (Å²) in [4.78, 5) is 14.4. The van der Waals surface area contributed by atoms with Gasteiger partial charge in [-0.1, -0.05) is 37.6 Å². The van der Waals surface area contributed by atoms with Crippen LogP contribution in [0.2, 0.25) is 5.02 Å². The van der Waals surface area contributed by atoms with E-state index in [4.69, 9.17) is 11.6 Å². The van der Waals surface area contributed by atoms with Gasteiger partial charge < -0.3 is 5.11 Å². The van der Waals surface area contributed by atoms with Crippen molar-refractivity contribution in [2.24, 2.45) is 5.10 Å². The van der Waals surface area contributed by atoms with Crippen molar-refractivity contribution in [3.63, 3.8) is 0 Å². The Hall–Kier alpha value is -2.37. The van der Waals surface area contributed by atoms with Gasteiger partial charge in [0.25, 0.3) is 5.91 Å². The van der Waals surface area contributed by atoms with Gasteiger partial charge in [0.2, 0.25) is 0 Å². The highest BCUT2D eigenvalue weighted by Crippen LogP contribution is 2.21. The molecule has 2 aromatic carbocycles. The summed E-state index contributed by atoms with van der Waals surface area (Å²) < 4.78 is 0. The molecule has 6 heteroatoms. The Balaban J connectivity index is 2.16. The average Bonchev–Trinajstić information content (AvgIpc) is 2.65. The number of carbonyl (C=O) groups is 1. The Bertz CT molecular complexity index is 801. The highest BCUT2D eigenvalue weighted by molar-refractivity contribution is 6.33. The van der Waals surface area contributed by atoms with Crippen molar-refractivity contribution < 1.29 is 9.90 Å². The van der Waals surface area contributed by atoms with Crippen LogP contribution in [0, 0.1) is 0 Å². The number of hydrogen-bond donors (Lipinski definition) is 2. The first-order valence-electron chi connectivity index (χ1n) is 8.60. The highest BCUT2D eigenvalue weighted by Gasteiger charge is 2.11. The minimum Gasteiger partial charge on any atom is -0.508 e. The predicted octanol–water partition coefficient (Wildman–Crippen LogP) is 4.04. The largest absolute Gasteiger partial charge is 0.508 e. The number of rotatable bonds is 7. The molecule has 0 spiro atoms. The van der Waals surface area contributed by atoms with Crippen LogP contribution in [-0.4, -0.2) is 34.7 Å². The van der Waals surface area contributed by atoms with Gasteiger partial charge in [0.1, 0.15) is 5.75 Å². The second-order valence-electron chi connectivity index (χ2n) is 5.92. The number of benzene rings is 2. The van der Waals surface area contributed by atoms with Crippen LogP contribution in [0.25, 0.3) is 0 Å². The first-order chi connectivity index (χ1) is 12.5. The first kappa shape index (κ1) is 19.9. The average molecular weight is 374 g/mol. The summed E-state index contributed by atoms with van der Waals surface area (Å²) in [5, 5.41) is 14.6. The molecular formula is C20H24ClN3O2. The van der Waals surface area contributed by atoms with Crippen molar-refractivity contribution >= 4 is 23.2 Å². The number of phenols is 1. The lowest BCUT2D eigenvalue weighted by Crippen LogP contribution is -2.22. The molecular weight excluding hydrogens is 350 g/mol. The zero-order chi connectivity index (χ0) is 19.1. The van der Waals surface area contributed by atoms with Crippen molar-refractivity contribution in [1.82, 2.24) is 10.3 Å². The SMILES string of the molecule is CCN(CC)Cc1cc(/C(C)=N/NC(=O)c2ccccc2Cl)ccc1O. The Labute approximate surface area is 159 Å². The van der Waals surface area contributed by atoms with Crippen molar-refractivity contribution in [2.45, 2.75) is 27.3 Å². The molecule has 0 saturated carbocycles. The molecule has 26 heavy (non-hydrogen) atoms. The third-order valence-corrected chi connectivity index (χ3v) is 4.56. The van der Waals surface area contributed by atoms with E-state index in [9.17, 15) is 9.90 Å². The fourth-order valence-corrected chi connectivity index (χ4v) is 2.75. The molecule has 0 saturated heterocycles. The number of halogens is 1. The molecule has 2 aromatic rings. The summed E-state index contributed by atoms with van der Waals surface area (Å²) in [7, 11) is 0. The monoisotopic (exact) mass is 373 g/mol. The molecule has 0 aliphatic rings. The lowest BCUT2D eigenvalue weighted by Gasteiger charge is -2.19. The van der Waals surface area contributed by atoms with E-state index in [-0.39, 0.29) is 11.7 Å². The maximum Gasteiger partial charge on any atom is 0.272 e. The standard InChI is InChI=1S/C20H24ClN3O2/c1-4-24(5-2)13-16-12-15(10-11-19(16)25)14(3)22-23-20(26)17-8-6-7-9-18(17)21/h6-12,25H,4-5,13H2,1-3H3,(H,23,26)/b22-14+. The van der Waals surface area contributed by atoms with Crippen LogP contribution >= 0.6 is 11.6 Å². The summed E-state index contributed by atoms with van der Waals surface area (Å²) in [5.41, 5.74) is 5.21. The van der Waals surface area contributed by atoms with Gasteiger partial charge in [-0.3, -0.25) is 9.69 Å². The van der Waals surface area contributed by atoms with Gasteiger partial charge in [0.15, 0.2) is 0 Å². The summed E-state index contributed by atoms with van der Waals surface area (Å²) in [5.74, 6) is -0.106. The molecule has 0 aromatic heterocycles. The maximum atomic E-state index is 12.2. The summed E-state index contributed by atoms with van der Waals surface area (Å²) in [6.07, 6.45) is 0. The summed E-state index contributed by atoms with van der Waals surface area (Å²) >= 11 is 6.02. The van der Waals surface area contributed by atoms with Gasteiger partial charge in [-0.25, -0.2) is 5.43 Å². The molecule has 0 atom stereocenters. The molecule has 5 nitrogen and oxygen atoms in total. The molecule has 2 rings (SSSR count). The molecule has 1 amide bonds. The van der Waals surface area contributed by atoms with Gasteiger partial charge in [-0.15, -0.1) is 0 Å². The van der Waals surface area contributed by atoms with Crippen LogP contribution in [0.3, 0.4) is 0 Å². The second-order valence-corrected chi connectivity index (χ2v) is 6.33. The zero-order valence-electron chi connectivity index (χ0n) is 15.3. The van der Waals surface area contributed by atoms with Crippen molar-refractivity contribution in [3.8, 4) is 5.75 Å². The number of hydrazone groups is 1. The van der Waals surface area contributed by atoms with Gasteiger partial charge >= 0.3 is 0 Å². The second kappa shape index (κ2) is 9.36. The Morgan fingerprint density at radius 2 is 1.88 bits per heavy atom. The van der Waals surface area contributed by atoms with Gasteiger partial charge in [0, 0.05) is 12.1 Å². The smallest absolute Gasteiger partial charge is 0.272 e. The van der Waals surface area contributed by atoms with Crippen LogP contribution in [0.15, 0.2) is 47.6 Å². The van der Waals surface area contributed by atoms with E-state index in [0.717, 1.165) is 24.2 Å². The van der Waals surface area contributed by atoms with Crippen molar-refractivity contribution in [1.29, 1.82) is 0 Å². The Kier molecular flexibility index (Phi) is 7.18. The summed E-state index contributed by atoms with van der Waals surface area (Å²) in [6.45, 7) is 8.44. The lowest BCUT2D eigenvalue weighted by atomic mass is 10.1. The fourth-order valence-electron chi connectivity index (χ4n) is 2.53. The number of nitrogens with one attached hydrogen (secondary N) is 1. The molecule has 0 radical (unpaired) electrons. The summed E-state index contributed by atoms with van der Waals surface area (Å²) in [6, 6.07) is 12.1.